The molecule has 0 bridgehead atoms. The second-order valence-electron chi connectivity index (χ2n) is 5.91. The number of carbonyl (C=O) groups excluding carboxylic acids is 3. The van der Waals surface area contributed by atoms with Crippen LogP contribution in [0, 0.1) is 0 Å². The average molecular weight is 486 g/mol. The molecule has 2 fully saturated rings. The number of nitrogens with zero attached hydrogens (tertiary/aromatic N) is 2. The highest BCUT2D eigenvalue weighted by Crippen LogP contribution is 2.25. The number of hydrogen-bond acceptors (Lipinski definition) is 6. The number of alkyl halides is 2. The number of carbonyl (C=O) groups is 4. The molecule has 0 spiro atoms. The molecule has 2 saturated heterocycles. The predicted molar refractivity (Wildman–Crippen MR) is 91.3 cm³/mol. The van der Waals surface area contributed by atoms with Crippen LogP contribution in [0.15, 0.2) is 0 Å². The molecule has 0 aromatic heterocycles. The Balaban J connectivity index is 2.04. The van der Waals surface area contributed by atoms with E-state index in [0.29, 0.717) is 0 Å². The fraction of sp³-hybridized carbons (Fsp3) is 0.714. The number of carboxylic acid groups (broad SMARTS) is 1. The molecule has 0 aromatic carbocycles. The summed E-state index contributed by atoms with van der Waals surface area (Å²) in [6, 6.07) is -1.97. The maximum absolute atomic E-state index is 12.4. The van der Waals surface area contributed by atoms with Gasteiger partial charge in [-0.2, -0.15) is 0 Å². The van der Waals surface area contributed by atoms with Gasteiger partial charge in [0.25, 0.3) is 0 Å². The van der Waals surface area contributed by atoms with Crippen molar-refractivity contribution in [2.24, 2.45) is 0 Å². The molecule has 0 radical (unpaired) electrons. The summed E-state index contributed by atoms with van der Waals surface area (Å²) in [4.78, 5) is 49.8. The third-order valence-corrected chi connectivity index (χ3v) is 5.21. The normalized spacial score (nSPS) is 28.9. The standard InChI is InChI=1S/C14H18Br2N2O7/c15-3-11(20)17-5-7(19)1-10(17)14(24)25-8-2-9(13(22)23)18(6-8)12(21)4-16/h7-10,19H,1-6H2,(H,22,23)/t7-,8-,9+,10+/m0/s1. The summed E-state index contributed by atoms with van der Waals surface area (Å²) in [6.45, 7) is 0.0234. The molecule has 2 aliphatic rings. The van der Waals surface area contributed by atoms with E-state index in [1.807, 2.05) is 0 Å². The van der Waals surface area contributed by atoms with Gasteiger partial charge in [-0.3, -0.25) is 9.59 Å². The van der Waals surface area contributed by atoms with E-state index in [9.17, 15) is 29.4 Å². The van der Waals surface area contributed by atoms with Gasteiger partial charge < -0.3 is 24.7 Å². The van der Waals surface area contributed by atoms with Crippen LogP contribution in [0.5, 0.6) is 0 Å². The van der Waals surface area contributed by atoms with E-state index in [2.05, 4.69) is 31.9 Å². The molecule has 0 saturated carbocycles. The Hall–Kier alpha value is -1.20. The molecule has 2 aliphatic heterocycles. The second-order valence-corrected chi connectivity index (χ2v) is 7.03. The molecule has 0 aromatic rings. The number of ether oxygens (including phenoxy) is 1. The van der Waals surface area contributed by atoms with Crippen molar-refractivity contribution in [2.45, 2.75) is 37.1 Å². The van der Waals surface area contributed by atoms with Gasteiger partial charge in [-0.15, -0.1) is 0 Å². The second kappa shape index (κ2) is 8.45. The van der Waals surface area contributed by atoms with Crippen molar-refractivity contribution in [1.82, 2.24) is 9.80 Å². The highest BCUT2D eigenvalue weighted by atomic mass is 79.9. The predicted octanol–water partition coefficient (Wildman–Crippen LogP) is -0.665. The van der Waals surface area contributed by atoms with E-state index in [0.717, 1.165) is 4.90 Å². The number of halogens is 2. The van der Waals surface area contributed by atoms with Crippen molar-refractivity contribution in [1.29, 1.82) is 0 Å². The highest BCUT2D eigenvalue weighted by Gasteiger charge is 2.44. The van der Waals surface area contributed by atoms with Crippen molar-refractivity contribution in [3.05, 3.63) is 0 Å². The lowest BCUT2D eigenvalue weighted by Gasteiger charge is -2.23. The first-order chi connectivity index (χ1) is 11.8. The van der Waals surface area contributed by atoms with Crippen LogP contribution in [0.2, 0.25) is 0 Å². The van der Waals surface area contributed by atoms with Crippen LogP contribution in [0.3, 0.4) is 0 Å². The Morgan fingerprint density at radius 2 is 1.52 bits per heavy atom. The Morgan fingerprint density at radius 1 is 0.960 bits per heavy atom. The number of likely N-dealkylation sites (tertiary alicyclic amines) is 2. The van der Waals surface area contributed by atoms with E-state index < -0.39 is 42.1 Å². The number of amides is 2. The topological polar surface area (TPSA) is 124 Å². The van der Waals surface area contributed by atoms with Crippen molar-refractivity contribution >= 4 is 55.6 Å². The van der Waals surface area contributed by atoms with Crippen LogP contribution in [0.25, 0.3) is 0 Å². The summed E-state index contributed by atoms with van der Waals surface area (Å²) in [5, 5.41) is 19.0. The van der Waals surface area contributed by atoms with Gasteiger partial charge in [-0.05, 0) is 0 Å². The molecule has 0 aliphatic carbocycles. The van der Waals surface area contributed by atoms with E-state index in [1.165, 1.54) is 4.90 Å². The fourth-order valence-electron chi connectivity index (χ4n) is 3.10. The molecule has 2 rings (SSSR count). The van der Waals surface area contributed by atoms with Crippen LogP contribution in [0.1, 0.15) is 12.8 Å². The Labute approximate surface area is 160 Å². The van der Waals surface area contributed by atoms with Gasteiger partial charge >= 0.3 is 11.9 Å². The first kappa shape index (κ1) is 20.1. The summed E-state index contributed by atoms with van der Waals surface area (Å²) in [6.07, 6.45) is -1.53. The Morgan fingerprint density at radius 3 is 2.04 bits per heavy atom. The molecule has 0 unspecified atom stereocenters. The molecule has 2 heterocycles. The molecule has 9 nitrogen and oxygen atoms in total. The number of aliphatic hydroxyl groups is 1. The molecule has 2 amide bonds. The number of hydrogen-bond donors (Lipinski definition) is 2. The van der Waals surface area contributed by atoms with Crippen molar-refractivity contribution < 1.29 is 34.1 Å². The van der Waals surface area contributed by atoms with Crippen molar-refractivity contribution in [3.8, 4) is 0 Å². The summed E-state index contributed by atoms with van der Waals surface area (Å²) >= 11 is 6.02. The zero-order valence-corrected chi connectivity index (χ0v) is 16.3. The Bertz CT molecular complexity index is 573. The minimum absolute atomic E-state index is 0.0124. The number of aliphatic carboxylic acids is 1. The summed E-state index contributed by atoms with van der Waals surface area (Å²) in [7, 11) is 0. The third kappa shape index (κ3) is 4.50. The number of β-amino-alcohol motifs (C(OH)–C–C–N with tert-alkyl or cyclic N) is 1. The SMILES string of the molecule is O=C(O)[C@H]1C[C@H](OC(=O)[C@H]2C[C@H](O)CN2C(=O)CBr)CN1C(=O)CBr. The van der Waals surface area contributed by atoms with Crippen molar-refractivity contribution in [3.63, 3.8) is 0 Å². The van der Waals surface area contributed by atoms with E-state index in [4.69, 9.17) is 4.74 Å². The number of aliphatic hydroxyl groups excluding tert-OH is 1. The number of esters is 1. The average Bonchev–Trinajstić information content (AvgIpc) is 3.17. The maximum atomic E-state index is 12.4. The van der Waals surface area contributed by atoms with Crippen LogP contribution in [0.4, 0.5) is 0 Å². The number of rotatable bonds is 5. The third-order valence-electron chi connectivity index (χ3n) is 4.25. The van der Waals surface area contributed by atoms with E-state index in [1.54, 1.807) is 0 Å². The molecule has 11 heteroatoms. The summed E-state index contributed by atoms with van der Waals surface area (Å²) < 4.78 is 5.34. The quantitative estimate of drug-likeness (QED) is 0.391. The van der Waals surface area contributed by atoms with Crippen LogP contribution in [-0.4, -0.2) is 91.8 Å². The smallest absolute Gasteiger partial charge is 0.329 e. The van der Waals surface area contributed by atoms with E-state index >= 15 is 0 Å². The lowest BCUT2D eigenvalue weighted by atomic mass is 10.2. The molecular weight excluding hydrogens is 468 g/mol. The van der Waals surface area contributed by atoms with Crippen LogP contribution < -0.4 is 0 Å². The summed E-state index contributed by atoms with van der Waals surface area (Å²) in [5.74, 6) is -2.61. The van der Waals surface area contributed by atoms with E-state index in [-0.39, 0.29) is 42.5 Å². The van der Waals surface area contributed by atoms with Gasteiger partial charge in [0.15, 0.2) is 0 Å². The molecular formula is C14H18Br2N2O7. The fourth-order valence-corrected chi connectivity index (χ4v) is 3.75. The van der Waals surface area contributed by atoms with Gasteiger partial charge in [0.1, 0.15) is 18.2 Å². The molecule has 140 valence electrons. The lowest BCUT2D eigenvalue weighted by molar-refractivity contribution is -0.157. The van der Waals surface area contributed by atoms with Gasteiger partial charge in [0, 0.05) is 19.4 Å². The van der Waals surface area contributed by atoms with Gasteiger partial charge in [-0.1, -0.05) is 31.9 Å². The van der Waals surface area contributed by atoms with Crippen LogP contribution in [-0.2, 0) is 23.9 Å². The molecule has 2 N–H and O–H groups in total. The van der Waals surface area contributed by atoms with Crippen LogP contribution >= 0.6 is 31.9 Å². The largest absolute Gasteiger partial charge is 0.480 e. The zero-order valence-electron chi connectivity index (χ0n) is 13.1. The first-order valence-electron chi connectivity index (χ1n) is 7.60. The zero-order chi connectivity index (χ0) is 18.7. The number of carboxylic acids is 1. The van der Waals surface area contributed by atoms with Gasteiger partial charge in [0.2, 0.25) is 11.8 Å². The Kier molecular flexibility index (Phi) is 6.80. The van der Waals surface area contributed by atoms with Gasteiger partial charge in [0.05, 0.1) is 23.3 Å². The molecule has 25 heavy (non-hydrogen) atoms. The lowest BCUT2D eigenvalue weighted by Crippen LogP contribution is -2.43. The summed E-state index contributed by atoms with van der Waals surface area (Å²) in [5.41, 5.74) is 0. The molecule has 4 atom stereocenters. The maximum Gasteiger partial charge on any atom is 0.329 e. The first-order valence-corrected chi connectivity index (χ1v) is 9.85. The highest BCUT2D eigenvalue weighted by molar-refractivity contribution is 9.09. The minimum Gasteiger partial charge on any atom is -0.480 e. The van der Waals surface area contributed by atoms with Crippen molar-refractivity contribution in [2.75, 3.05) is 23.7 Å². The minimum atomic E-state index is -1.17. The van der Waals surface area contributed by atoms with Gasteiger partial charge in [-0.25, -0.2) is 9.59 Å². The monoisotopic (exact) mass is 484 g/mol.